The number of likely N-dealkylation sites (tertiary alicyclic amines) is 1. The van der Waals surface area contributed by atoms with Gasteiger partial charge in [0.1, 0.15) is 11.6 Å². The number of benzene rings is 1. The first-order chi connectivity index (χ1) is 12.6. The van der Waals surface area contributed by atoms with Gasteiger partial charge in [0.2, 0.25) is 0 Å². The van der Waals surface area contributed by atoms with E-state index in [0.29, 0.717) is 43.6 Å². The van der Waals surface area contributed by atoms with E-state index in [4.69, 9.17) is 9.26 Å². The van der Waals surface area contributed by atoms with Crippen LogP contribution in [0, 0.1) is 5.82 Å². The molecule has 2 heterocycles. The highest BCUT2D eigenvalue weighted by molar-refractivity contribution is 5.74. The molecular weight excluding hydrogens is 339 g/mol. The molecule has 0 N–H and O–H groups in total. The molecule has 26 heavy (non-hydrogen) atoms. The first-order valence-corrected chi connectivity index (χ1v) is 8.85. The van der Waals surface area contributed by atoms with Crippen molar-refractivity contribution in [3.8, 4) is 5.75 Å². The second-order valence-electron chi connectivity index (χ2n) is 6.18. The average Bonchev–Trinajstić information content (AvgIpc) is 3.31. The number of rotatable bonds is 6. The molecule has 0 spiro atoms. The summed E-state index contributed by atoms with van der Waals surface area (Å²) in [6, 6.07) is 5.80. The van der Waals surface area contributed by atoms with Crippen molar-refractivity contribution in [1.82, 2.24) is 19.9 Å². The Morgan fingerprint density at radius 1 is 1.35 bits per heavy atom. The minimum absolute atomic E-state index is 0.0564. The molecule has 1 aliphatic rings. The number of hydrogen-bond donors (Lipinski definition) is 0. The number of nitrogens with zero attached hydrogens (tertiary/aromatic N) is 4. The van der Waals surface area contributed by atoms with Gasteiger partial charge in [0.25, 0.3) is 5.89 Å². The molecule has 3 rings (SSSR count). The van der Waals surface area contributed by atoms with Crippen molar-refractivity contribution in [2.75, 3.05) is 26.2 Å². The Hall–Kier alpha value is -2.64. The number of halogens is 1. The van der Waals surface area contributed by atoms with E-state index in [1.165, 1.54) is 12.1 Å². The van der Waals surface area contributed by atoms with Crippen LogP contribution in [0.15, 0.2) is 28.8 Å². The van der Waals surface area contributed by atoms with Gasteiger partial charge in [-0.1, -0.05) is 5.16 Å². The third-order valence-electron chi connectivity index (χ3n) is 4.52. The zero-order chi connectivity index (χ0) is 18.5. The number of aromatic nitrogens is 2. The Balaban J connectivity index is 1.55. The number of hydrogen-bond acceptors (Lipinski definition) is 5. The van der Waals surface area contributed by atoms with E-state index in [0.717, 1.165) is 6.42 Å². The van der Waals surface area contributed by atoms with Crippen LogP contribution in [0.4, 0.5) is 9.18 Å². The van der Waals surface area contributed by atoms with Gasteiger partial charge in [-0.2, -0.15) is 4.98 Å². The molecule has 140 valence electrons. The SMILES string of the molecule is CCN(CC)C(=O)N1CCC(c2noc(COc3ccc(F)cc3)n2)C1. The average molecular weight is 362 g/mol. The number of amides is 2. The second kappa shape index (κ2) is 8.16. The molecule has 2 amide bonds. The van der Waals surface area contributed by atoms with E-state index in [-0.39, 0.29) is 24.4 Å². The Kier molecular flexibility index (Phi) is 5.70. The maximum atomic E-state index is 12.9. The van der Waals surface area contributed by atoms with Gasteiger partial charge in [-0.25, -0.2) is 9.18 Å². The molecule has 1 fully saturated rings. The standard InChI is InChI=1S/C18H23FN4O3/c1-3-22(4-2)18(24)23-10-9-13(11-23)17-20-16(26-21-17)12-25-15-7-5-14(19)6-8-15/h5-8,13H,3-4,9-12H2,1-2H3. The first-order valence-electron chi connectivity index (χ1n) is 8.85. The van der Waals surface area contributed by atoms with Gasteiger partial charge in [0.05, 0.1) is 0 Å². The van der Waals surface area contributed by atoms with Gasteiger partial charge in [-0.15, -0.1) is 0 Å². The lowest BCUT2D eigenvalue weighted by Crippen LogP contribution is -2.41. The van der Waals surface area contributed by atoms with Gasteiger partial charge in [0, 0.05) is 32.1 Å². The van der Waals surface area contributed by atoms with Crippen molar-refractivity contribution in [3.63, 3.8) is 0 Å². The topological polar surface area (TPSA) is 71.7 Å². The fourth-order valence-corrected chi connectivity index (χ4v) is 3.01. The van der Waals surface area contributed by atoms with Crippen LogP contribution in [0.25, 0.3) is 0 Å². The summed E-state index contributed by atoms with van der Waals surface area (Å²) in [5, 5.41) is 4.03. The summed E-state index contributed by atoms with van der Waals surface area (Å²) in [6.07, 6.45) is 0.810. The highest BCUT2D eigenvalue weighted by Gasteiger charge is 2.32. The minimum Gasteiger partial charge on any atom is -0.484 e. The Bertz CT molecular complexity index is 730. The first kappa shape index (κ1) is 18.2. The van der Waals surface area contributed by atoms with Gasteiger partial charge in [-0.05, 0) is 44.5 Å². The fraction of sp³-hybridized carbons (Fsp3) is 0.500. The maximum absolute atomic E-state index is 12.9. The van der Waals surface area contributed by atoms with E-state index in [9.17, 15) is 9.18 Å². The van der Waals surface area contributed by atoms with E-state index >= 15 is 0 Å². The molecule has 0 bridgehead atoms. The van der Waals surface area contributed by atoms with Crippen LogP contribution >= 0.6 is 0 Å². The molecule has 1 unspecified atom stereocenters. The van der Waals surface area contributed by atoms with Crippen molar-refractivity contribution in [1.29, 1.82) is 0 Å². The molecular formula is C18H23FN4O3. The van der Waals surface area contributed by atoms with Gasteiger partial charge in [-0.3, -0.25) is 0 Å². The second-order valence-corrected chi connectivity index (χ2v) is 6.18. The zero-order valence-electron chi connectivity index (χ0n) is 15.0. The van der Waals surface area contributed by atoms with Crippen LogP contribution in [0.2, 0.25) is 0 Å². The summed E-state index contributed by atoms with van der Waals surface area (Å²) in [6.45, 7) is 6.74. The normalized spacial score (nSPS) is 16.7. The summed E-state index contributed by atoms with van der Waals surface area (Å²) in [5.74, 6) is 1.23. The summed E-state index contributed by atoms with van der Waals surface area (Å²) in [4.78, 5) is 20.4. The Labute approximate surface area is 151 Å². The molecule has 1 aromatic carbocycles. The molecule has 0 aliphatic carbocycles. The lowest BCUT2D eigenvalue weighted by molar-refractivity contribution is 0.167. The third-order valence-corrected chi connectivity index (χ3v) is 4.52. The monoisotopic (exact) mass is 362 g/mol. The predicted molar refractivity (Wildman–Crippen MR) is 92.3 cm³/mol. The van der Waals surface area contributed by atoms with Crippen LogP contribution in [0.3, 0.4) is 0 Å². The van der Waals surface area contributed by atoms with Crippen molar-refractivity contribution >= 4 is 6.03 Å². The number of carbonyl (C=O) groups excluding carboxylic acids is 1. The van der Waals surface area contributed by atoms with E-state index < -0.39 is 0 Å². The molecule has 1 aliphatic heterocycles. The summed E-state index contributed by atoms with van der Waals surface area (Å²) < 4.78 is 23.6. The molecule has 1 aromatic heterocycles. The number of carbonyl (C=O) groups is 1. The lowest BCUT2D eigenvalue weighted by atomic mass is 10.1. The van der Waals surface area contributed by atoms with Crippen molar-refractivity contribution in [2.24, 2.45) is 0 Å². The molecule has 7 nitrogen and oxygen atoms in total. The Morgan fingerprint density at radius 2 is 2.08 bits per heavy atom. The Morgan fingerprint density at radius 3 is 2.77 bits per heavy atom. The van der Waals surface area contributed by atoms with E-state index in [1.54, 1.807) is 17.0 Å². The van der Waals surface area contributed by atoms with Crippen LogP contribution in [0.5, 0.6) is 5.75 Å². The maximum Gasteiger partial charge on any atom is 0.320 e. The third kappa shape index (κ3) is 4.12. The molecule has 0 radical (unpaired) electrons. The number of urea groups is 1. The quantitative estimate of drug-likeness (QED) is 0.790. The van der Waals surface area contributed by atoms with Crippen molar-refractivity contribution in [2.45, 2.75) is 32.8 Å². The van der Waals surface area contributed by atoms with Gasteiger partial charge >= 0.3 is 6.03 Å². The summed E-state index contributed by atoms with van der Waals surface area (Å²) in [5.41, 5.74) is 0. The van der Waals surface area contributed by atoms with Crippen LogP contribution in [0.1, 0.15) is 37.9 Å². The van der Waals surface area contributed by atoms with E-state index in [1.807, 2.05) is 18.7 Å². The highest BCUT2D eigenvalue weighted by Crippen LogP contribution is 2.26. The van der Waals surface area contributed by atoms with Crippen LogP contribution < -0.4 is 4.74 Å². The fourth-order valence-electron chi connectivity index (χ4n) is 3.01. The molecule has 2 aromatic rings. The molecule has 1 saturated heterocycles. The lowest BCUT2D eigenvalue weighted by Gasteiger charge is -2.25. The van der Waals surface area contributed by atoms with E-state index in [2.05, 4.69) is 10.1 Å². The number of ether oxygens (including phenoxy) is 1. The predicted octanol–water partition coefficient (Wildman–Crippen LogP) is 3.04. The minimum atomic E-state index is -0.317. The molecule has 8 heteroatoms. The van der Waals surface area contributed by atoms with Gasteiger partial charge in [0.15, 0.2) is 12.4 Å². The largest absolute Gasteiger partial charge is 0.484 e. The summed E-state index contributed by atoms with van der Waals surface area (Å²) in [7, 11) is 0. The molecule has 1 atom stereocenters. The van der Waals surface area contributed by atoms with Crippen molar-refractivity contribution < 1.29 is 18.4 Å². The zero-order valence-corrected chi connectivity index (χ0v) is 15.0. The smallest absolute Gasteiger partial charge is 0.320 e. The van der Waals surface area contributed by atoms with Crippen molar-refractivity contribution in [3.05, 3.63) is 41.8 Å². The van der Waals surface area contributed by atoms with Crippen LogP contribution in [-0.2, 0) is 6.61 Å². The molecule has 0 saturated carbocycles. The van der Waals surface area contributed by atoms with Crippen LogP contribution in [-0.4, -0.2) is 52.2 Å². The van der Waals surface area contributed by atoms with Gasteiger partial charge < -0.3 is 19.1 Å². The highest BCUT2D eigenvalue weighted by atomic mass is 19.1. The summed E-state index contributed by atoms with van der Waals surface area (Å²) >= 11 is 0.